The van der Waals surface area contributed by atoms with Crippen molar-refractivity contribution in [3.63, 3.8) is 0 Å². The van der Waals surface area contributed by atoms with Gasteiger partial charge in [-0.25, -0.2) is 0 Å². The molecule has 8 rings (SSSR count). The molecular formula is C43H35N. The zero-order valence-corrected chi connectivity index (χ0v) is 25.1. The van der Waals surface area contributed by atoms with Gasteiger partial charge in [0.1, 0.15) is 0 Å². The number of hydrogen-bond donors (Lipinski definition) is 0. The number of aryl methyl sites for hydroxylation is 1. The van der Waals surface area contributed by atoms with Crippen molar-refractivity contribution in [2.24, 2.45) is 0 Å². The third-order valence-electron chi connectivity index (χ3n) is 9.22. The van der Waals surface area contributed by atoms with Crippen LogP contribution >= 0.6 is 0 Å². The maximum absolute atomic E-state index is 2.46. The van der Waals surface area contributed by atoms with Gasteiger partial charge in [-0.1, -0.05) is 135 Å². The Hall–Kier alpha value is -5.14. The van der Waals surface area contributed by atoms with Gasteiger partial charge in [-0.05, 0) is 98.8 Å². The quantitative estimate of drug-likeness (QED) is 0.186. The van der Waals surface area contributed by atoms with Gasteiger partial charge >= 0.3 is 0 Å². The second-order valence-electron chi connectivity index (χ2n) is 12.0. The number of allylic oxidation sites excluding steroid dienone is 2. The van der Waals surface area contributed by atoms with E-state index < -0.39 is 0 Å². The molecule has 0 saturated carbocycles. The molecule has 2 aliphatic carbocycles. The van der Waals surface area contributed by atoms with Crippen molar-refractivity contribution < 1.29 is 0 Å². The van der Waals surface area contributed by atoms with E-state index in [1.807, 2.05) is 0 Å². The summed E-state index contributed by atoms with van der Waals surface area (Å²) < 4.78 is 0. The average molecular weight is 566 g/mol. The lowest BCUT2D eigenvalue weighted by atomic mass is 9.83. The Morgan fingerprint density at radius 1 is 0.545 bits per heavy atom. The third-order valence-corrected chi connectivity index (χ3v) is 9.22. The zero-order valence-electron chi connectivity index (χ0n) is 25.1. The first-order valence-electron chi connectivity index (χ1n) is 15.9. The summed E-state index contributed by atoms with van der Waals surface area (Å²) >= 11 is 0. The molecule has 212 valence electrons. The Labute approximate surface area is 260 Å². The topological polar surface area (TPSA) is 3.24 Å². The average Bonchev–Trinajstić information content (AvgIpc) is 3.09. The Kier molecular flexibility index (Phi) is 6.72. The van der Waals surface area contributed by atoms with Crippen LogP contribution in [0.3, 0.4) is 0 Å². The molecule has 0 aliphatic heterocycles. The molecule has 2 aliphatic rings. The van der Waals surface area contributed by atoms with E-state index in [-0.39, 0.29) is 0 Å². The summed E-state index contributed by atoms with van der Waals surface area (Å²) in [6, 6.07) is 47.1. The van der Waals surface area contributed by atoms with Crippen molar-refractivity contribution in [3.05, 3.63) is 167 Å². The predicted molar refractivity (Wildman–Crippen MR) is 188 cm³/mol. The molecule has 1 nitrogen and oxygen atoms in total. The molecule has 0 unspecified atom stereocenters. The normalized spacial score (nSPS) is 13.2. The molecule has 1 heteroatoms. The monoisotopic (exact) mass is 565 g/mol. The first-order valence-corrected chi connectivity index (χ1v) is 15.9. The van der Waals surface area contributed by atoms with E-state index in [0.717, 1.165) is 25.7 Å². The largest absolute Gasteiger partial charge is 0.310 e. The molecular weight excluding hydrogens is 530 g/mol. The fraction of sp³-hybridized carbons (Fsp3) is 0.116. The van der Waals surface area contributed by atoms with Crippen LogP contribution in [0.5, 0.6) is 0 Å². The van der Waals surface area contributed by atoms with Crippen molar-refractivity contribution in [1.29, 1.82) is 0 Å². The number of nitrogens with zero attached hydrogens (tertiary/aromatic N) is 1. The molecule has 0 fully saturated rings. The molecule has 0 spiro atoms. The van der Waals surface area contributed by atoms with Crippen LogP contribution in [0.25, 0.3) is 44.8 Å². The Morgan fingerprint density at radius 2 is 1.14 bits per heavy atom. The molecule has 6 aromatic rings. The van der Waals surface area contributed by atoms with Gasteiger partial charge in [0.25, 0.3) is 0 Å². The Morgan fingerprint density at radius 3 is 1.80 bits per heavy atom. The number of anilines is 2. The van der Waals surface area contributed by atoms with Gasteiger partial charge in [-0.15, -0.1) is 0 Å². The highest BCUT2D eigenvalue weighted by Crippen LogP contribution is 2.44. The van der Waals surface area contributed by atoms with Crippen LogP contribution in [0.4, 0.5) is 11.4 Å². The summed E-state index contributed by atoms with van der Waals surface area (Å²) in [4.78, 5) is 2.46. The maximum atomic E-state index is 2.46. The van der Waals surface area contributed by atoms with Crippen LogP contribution in [-0.2, 0) is 19.3 Å². The van der Waals surface area contributed by atoms with Gasteiger partial charge in [0, 0.05) is 16.9 Å². The van der Waals surface area contributed by atoms with Crippen LogP contribution in [-0.4, -0.2) is 0 Å². The molecule has 6 aromatic carbocycles. The van der Waals surface area contributed by atoms with Gasteiger partial charge in [0.15, 0.2) is 0 Å². The zero-order chi connectivity index (χ0) is 29.5. The van der Waals surface area contributed by atoms with E-state index in [2.05, 4.69) is 157 Å². The minimum absolute atomic E-state index is 0.933. The summed E-state index contributed by atoms with van der Waals surface area (Å²) in [6.07, 6.45) is 11.2. The Bertz CT molecular complexity index is 2030. The maximum Gasteiger partial charge on any atom is 0.0503 e. The first kappa shape index (κ1) is 26.5. The van der Waals surface area contributed by atoms with Crippen molar-refractivity contribution >= 4 is 33.9 Å². The van der Waals surface area contributed by atoms with E-state index in [1.54, 1.807) is 0 Å². The predicted octanol–water partition coefficient (Wildman–Crippen LogP) is 11.4. The highest BCUT2D eigenvalue weighted by atomic mass is 15.1. The number of benzene rings is 6. The number of rotatable bonds is 7. The van der Waals surface area contributed by atoms with E-state index in [9.17, 15) is 0 Å². The molecule has 0 amide bonds. The molecule has 0 heterocycles. The molecule has 0 N–H and O–H groups in total. The van der Waals surface area contributed by atoms with Crippen molar-refractivity contribution in [2.45, 2.75) is 32.6 Å². The molecule has 0 atom stereocenters. The van der Waals surface area contributed by atoms with Crippen molar-refractivity contribution in [3.8, 4) is 22.3 Å². The van der Waals surface area contributed by atoms with Crippen LogP contribution in [0.15, 0.2) is 140 Å². The lowest BCUT2D eigenvalue weighted by Gasteiger charge is -2.32. The lowest BCUT2D eigenvalue weighted by molar-refractivity contribution is 0.922. The SMILES string of the molecule is CCCc1ccc(N(C2=CCc3ccc4c5c(ccc2c35)C=CC4)c2ccc(-c3ccc(-c4ccccc4)cc3)cc2)cc1. The van der Waals surface area contributed by atoms with Gasteiger partial charge in [-0.2, -0.15) is 0 Å². The lowest BCUT2D eigenvalue weighted by Crippen LogP contribution is -2.18. The minimum Gasteiger partial charge on any atom is -0.310 e. The van der Waals surface area contributed by atoms with E-state index in [1.165, 1.54) is 77.9 Å². The molecule has 44 heavy (non-hydrogen) atoms. The summed E-state index contributed by atoms with van der Waals surface area (Å²) in [6.45, 7) is 2.24. The van der Waals surface area contributed by atoms with E-state index >= 15 is 0 Å². The van der Waals surface area contributed by atoms with Gasteiger partial charge < -0.3 is 4.90 Å². The summed E-state index contributed by atoms with van der Waals surface area (Å²) in [5.41, 5.74) is 15.5. The fourth-order valence-electron chi connectivity index (χ4n) is 7.02. The van der Waals surface area contributed by atoms with Gasteiger partial charge in [0.2, 0.25) is 0 Å². The van der Waals surface area contributed by atoms with Crippen LogP contribution in [0, 0.1) is 0 Å². The van der Waals surface area contributed by atoms with Crippen molar-refractivity contribution in [2.75, 3.05) is 4.90 Å². The van der Waals surface area contributed by atoms with Gasteiger partial charge in [-0.3, -0.25) is 0 Å². The highest BCUT2D eigenvalue weighted by Gasteiger charge is 2.25. The van der Waals surface area contributed by atoms with Gasteiger partial charge in [0.05, 0.1) is 5.70 Å². The van der Waals surface area contributed by atoms with E-state index in [4.69, 9.17) is 0 Å². The molecule has 0 aromatic heterocycles. The van der Waals surface area contributed by atoms with E-state index in [0.29, 0.717) is 0 Å². The second kappa shape index (κ2) is 11.2. The highest BCUT2D eigenvalue weighted by molar-refractivity contribution is 6.07. The fourth-order valence-corrected chi connectivity index (χ4v) is 7.02. The summed E-state index contributed by atoms with van der Waals surface area (Å²) in [5, 5.41) is 2.85. The summed E-state index contributed by atoms with van der Waals surface area (Å²) in [7, 11) is 0. The van der Waals surface area contributed by atoms with Crippen LogP contribution in [0.1, 0.15) is 41.2 Å². The Balaban J connectivity index is 1.20. The number of hydrogen-bond acceptors (Lipinski definition) is 1. The molecule has 0 radical (unpaired) electrons. The summed E-state index contributed by atoms with van der Waals surface area (Å²) in [5.74, 6) is 0. The third kappa shape index (κ3) is 4.66. The van der Waals surface area contributed by atoms with Crippen molar-refractivity contribution in [1.82, 2.24) is 0 Å². The molecule has 0 bridgehead atoms. The second-order valence-corrected chi connectivity index (χ2v) is 12.0. The van der Waals surface area contributed by atoms with Crippen LogP contribution < -0.4 is 4.90 Å². The first-order chi connectivity index (χ1) is 21.8. The molecule has 0 saturated heterocycles. The minimum atomic E-state index is 0.933. The smallest absolute Gasteiger partial charge is 0.0503 e. The van der Waals surface area contributed by atoms with Crippen LogP contribution in [0.2, 0.25) is 0 Å². The standard InChI is InChI=1S/C43H35N/c1-2-7-30-12-24-38(25-13-30)44(41-29-23-37-19-18-35-10-6-11-36-22-28-40(41)43(37)42(35)36)39-26-20-34(21-27-39)33-16-14-32(15-17-33)31-8-4-3-5-9-31/h3-6,8-9,11-22,24-29H,2,7,10,23H2,1H3.